The molecule has 1 aromatic carbocycles. The molecule has 1 amide bonds. The molecule has 0 radical (unpaired) electrons. The van der Waals surface area contributed by atoms with Gasteiger partial charge in [-0.1, -0.05) is 29.8 Å². The first-order valence-electron chi connectivity index (χ1n) is 8.01. The summed E-state index contributed by atoms with van der Waals surface area (Å²) >= 11 is 0. The van der Waals surface area contributed by atoms with Crippen molar-refractivity contribution in [2.24, 2.45) is 5.92 Å². The van der Waals surface area contributed by atoms with Crippen LogP contribution < -0.4 is 5.32 Å². The molecular weight excluding hydrogens is 278 g/mol. The largest absolute Gasteiger partial charge is 0.339 e. The van der Waals surface area contributed by atoms with Crippen LogP contribution in [0.2, 0.25) is 0 Å². The van der Waals surface area contributed by atoms with Crippen LogP contribution in [0, 0.1) is 5.92 Å². The standard InChI is InChI=1S/C17H19N3O2/c21-17(12-5-3-6-12)18-14-7-2-1-4-13(14)10-15-19-16(20-22-15)11-8-9-11/h1-2,4,7,11-12H,3,5-6,8-10H2,(H,18,21). The zero-order valence-corrected chi connectivity index (χ0v) is 12.4. The second kappa shape index (κ2) is 5.55. The molecule has 0 unspecified atom stereocenters. The van der Waals surface area contributed by atoms with Crippen molar-refractivity contribution in [2.45, 2.75) is 44.4 Å². The van der Waals surface area contributed by atoms with Crippen molar-refractivity contribution in [3.05, 3.63) is 41.5 Å². The SMILES string of the molecule is O=C(Nc1ccccc1Cc1nc(C2CC2)no1)C1CCC1. The van der Waals surface area contributed by atoms with Crippen molar-refractivity contribution in [1.29, 1.82) is 0 Å². The molecule has 5 nitrogen and oxygen atoms in total. The van der Waals surface area contributed by atoms with Gasteiger partial charge in [0.25, 0.3) is 0 Å². The first-order valence-corrected chi connectivity index (χ1v) is 8.01. The van der Waals surface area contributed by atoms with Crippen LogP contribution in [0.1, 0.15) is 55.3 Å². The van der Waals surface area contributed by atoms with Gasteiger partial charge in [0.05, 0.1) is 6.42 Å². The van der Waals surface area contributed by atoms with Crippen molar-refractivity contribution in [2.75, 3.05) is 5.32 Å². The van der Waals surface area contributed by atoms with E-state index < -0.39 is 0 Å². The lowest BCUT2D eigenvalue weighted by Gasteiger charge is -2.24. The molecule has 0 bridgehead atoms. The highest BCUT2D eigenvalue weighted by Crippen LogP contribution is 2.38. The van der Waals surface area contributed by atoms with Crippen LogP contribution >= 0.6 is 0 Å². The number of rotatable bonds is 5. The van der Waals surface area contributed by atoms with Gasteiger partial charge in [0, 0.05) is 17.5 Å². The van der Waals surface area contributed by atoms with Crippen LogP contribution in [0.5, 0.6) is 0 Å². The van der Waals surface area contributed by atoms with Gasteiger partial charge in [-0.05, 0) is 37.3 Å². The smallest absolute Gasteiger partial charge is 0.231 e. The molecule has 2 saturated carbocycles. The van der Waals surface area contributed by atoms with E-state index in [0.29, 0.717) is 18.2 Å². The molecule has 0 aliphatic heterocycles. The Morgan fingerprint density at radius 2 is 2.05 bits per heavy atom. The molecule has 22 heavy (non-hydrogen) atoms. The number of para-hydroxylation sites is 1. The lowest BCUT2D eigenvalue weighted by molar-refractivity contribution is -0.122. The molecule has 1 N–H and O–H groups in total. The van der Waals surface area contributed by atoms with Crippen molar-refractivity contribution in [3.63, 3.8) is 0 Å². The number of amides is 1. The van der Waals surface area contributed by atoms with E-state index in [1.54, 1.807) is 0 Å². The molecule has 4 rings (SSSR count). The third-order valence-electron chi connectivity index (χ3n) is 4.52. The van der Waals surface area contributed by atoms with E-state index in [-0.39, 0.29) is 11.8 Å². The molecule has 2 fully saturated rings. The highest BCUT2D eigenvalue weighted by molar-refractivity contribution is 5.93. The molecule has 2 aliphatic rings. The van der Waals surface area contributed by atoms with Crippen LogP contribution in [0.25, 0.3) is 0 Å². The van der Waals surface area contributed by atoms with Gasteiger partial charge in [0.1, 0.15) is 0 Å². The van der Waals surface area contributed by atoms with Crippen LogP contribution in [-0.4, -0.2) is 16.0 Å². The van der Waals surface area contributed by atoms with E-state index in [2.05, 4.69) is 15.5 Å². The zero-order chi connectivity index (χ0) is 14.9. The van der Waals surface area contributed by atoms with Gasteiger partial charge >= 0.3 is 0 Å². The summed E-state index contributed by atoms with van der Waals surface area (Å²) in [6, 6.07) is 7.83. The summed E-state index contributed by atoms with van der Waals surface area (Å²) in [6.07, 6.45) is 6.04. The maximum atomic E-state index is 12.1. The molecule has 2 aromatic rings. The number of carbonyl (C=O) groups excluding carboxylic acids is 1. The van der Waals surface area contributed by atoms with E-state index in [1.807, 2.05) is 24.3 Å². The Balaban J connectivity index is 1.49. The normalized spacial score (nSPS) is 18.0. The first kappa shape index (κ1) is 13.5. The predicted molar refractivity (Wildman–Crippen MR) is 81.5 cm³/mol. The number of aromatic nitrogens is 2. The van der Waals surface area contributed by atoms with Gasteiger partial charge in [-0.3, -0.25) is 4.79 Å². The lowest BCUT2D eigenvalue weighted by Crippen LogP contribution is -2.28. The third-order valence-corrected chi connectivity index (χ3v) is 4.52. The van der Waals surface area contributed by atoms with Crippen molar-refractivity contribution in [1.82, 2.24) is 10.1 Å². The lowest BCUT2D eigenvalue weighted by atomic mass is 9.84. The van der Waals surface area contributed by atoms with Gasteiger partial charge < -0.3 is 9.84 Å². The maximum Gasteiger partial charge on any atom is 0.231 e. The average Bonchev–Trinajstić information content (AvgIpc) is 3.20. The van der Waals surface area contributed by atoms with Crippen LogP contribution in [0.3, 0.4) is 0 Å². The van der Waals surface area contributed by atoms with Gasteiger partial charge in [-0.15, -0.1) is 0 Å². The Hall–Kier alpha value is -2.17. The van der Waals surface area contributed by atoms with Crippen molar-refractivity contribution < 1.29 is 9.32 Å². The molecule has 5 heteroatoms. The van der Waals surface area contributed by atoms with Gasteiger partial charge in [-0.2, -0.15) is 4.98 Å². The Morgan fingerprint density at radius 1 is 1.23 bits per heavy atom. The number of benzene rings is 1. The minimum atomic E-state index is 0.128. The molecule has 2 aliphatic carbocycles. The van der Waals surface area contributed by atoms with Crippen molar-refractivity contribution in [3.8, 4) is 0 Å². The van der Waals surface area contributed by atoms with E-state index in [9.17, 15) is 4.79 Å². The summed E-state index contributed by atoms with van der Waals surface area (Å²) in [5.74, 6) is 2.24. The summed E-state index contributed by atoms with van der Waals surface area (Å²) in [5.41, 5.74) is 1.87. The molecule has 0 saturated heterocycles. The molecule has 1 heterocycles. The number of hydrogen-bond acceptors (Lipinski definition) is 4. The summed E-state index contributed by atoms with van der Waals surface area (Å²) in [4.78, 5) is 16.6. The van der Waals surface area contributed by atoms with E-state index in [0.717, 1.165) is 49.2 Å². The minimum Gasteiger partial charge on any atom is -0.339 e. The fraction of sp³-hybridized carbons (Fsp3) is 0.471. The van der Waals surface area contributed by atoms with E-state index in [1.165, 1.54) is 0 Å². The minimum absolute atomic E-state index is 0.128. The maximum absolute atomic E-state index is 12.1. The molecule has 1 aromatic heterocycles. The fourth-order valence-electron chi connectivity index (χ4n) is 2.71. The molecule has 114 valence electrons. The summed E-state index contributed by atoms with van der Waals surface area (Å²) in [5, 5.41) is 7.09. The number of carbonyl (C=O) groups is 1. The predicted octanol–water partition coefficient (Wildman–Crippen LogP) is 3.28. The highest BCUT2D eigenvalue weighted by atomic mass is 16.5. The summed E-state index contributed by atoms with van der Waals surface area (Å²) < 4.78 is 5.34. The van der Waals surface area contributed by atoms with E-state index in [4.69, 9.17) is 4.52 Å². The number of nitrogens with one attached hydrogen (secondary N) is 1. The van der Waals surface area contributed by atoms with Crippen LogP contribution in [0.4, 0.5) is 5.69 Å². The molecule has 0 spiro atoms. The molecule has 0 atom stereocenters. The topological polar surface area (TPSA) is 68.0 Å². The number of anilines is 1. The van der Waals surface area contributed by atoms with Crippen molar-refractivity contribution >= 4 is 11.6 Å². The second-order valence-electron chi connectivity index (χ2n) is 6.27. The van der Waals surface area contributed by atoms with Crippen LogP contribution in [0.15, 0.2) is 28.8 Å². The van der Waals surface area contributed by atoms with Gasteiger partial charge in [0.15, 0.2) is 5.82 Å². The summed E-state index contributed by atoms with van der Waals surface area (Å²) in [6.45, 7) is 0. The fourth-order valence-corrected chi connectivity index (χ4v) is 2.71. The second-order valence-corrected chi connectivity index (χ2v) is 6.27. The first-order chi connectivity index (χ1) is 10.8. The average molecular weight is 297 g/mol. The Kier molecular flexibility index (Phi) is 3.41. The Labute approximate surface area is 129 Å². The van der Waals surface area contributed by atoms with Gasteiger partial charge in [0.2, 0.25) is 11.8 Å². The number of hydrogen-bond donors (Lipinski definition) is 1. The Bertz CT molecular complexity index is 687. The monoisotopic (exact) mass is 297 g/mol. The molecular formula is C17H19N3O2. The third kappa shape index (κ3) is 2.75. The zero-order valence-electron chi connectivity index (χ0n) is 12.4. The van der Waals surface area contributed by atoms with Crippen LogP contribution in [-0.2, 0) is 11.2 Å². The Morgan fingerprint density at radius 3 is 2.77 bits per heavy atom. The van der Waals surface area contributed by atoms with Gasteiger partial charge in [-0.25, -0.2) is 0 Å². The van der Waals surface area contributed by atoms with E-state index >= 15 is 0 Å². The number of nitrogens with zero attached hydrogens (tertiary/aromatic N) is 2. The quantitative estimate of drug-likeness (QED) is 0.919. The highest BCUT2D eigenvalue weighted by Gasteiger charge is 2.29. The summed E-state index contributed by atoms with van der Waals surface area (Å²) in [7, 11) is 0.